The molecule has 1 heterocycles. The number of halogens is 1. The lowest BCUT2D eigenvalue weighted by atomic mass is 9.86. The maximum absolute atomic E-state index is 13.6. The van der Waals surface area contributed by atoms with Crippen LogP contribution in [0.2, 0.25) is 0 Å². The van der Waals surface area contributed by atoms with Crippen molar-refractivity contribution in [2.75, 3.05) is 20.8 Å². The van der Waals surface area contributed by atoms with E-state index in [9.17, 15) is 4.39 Å². The summed E-state index contributed by atoms with van der Waals surface area (Å²) in [6.45, 7) is 3.96. The molecular weight excluding hydrogens is 331 g/mol. The van der Waals surface area contributed by atoms with E-state index in [1.807, 2.05) is 6.07 Å². The van der Waals surface area contributed by atoms with E-state index in [1.54, 1.807) is 26.4 Å². The second-order valence-corrected chi connectivity index (χ2v) is 7.02. The van der Waals surface area contributed by atoms with E-state index < -0.39 is 0 Å². The van der Waals surface area contributed by atoms with Gasteiger partial charge in [0, 0.05) is 24.0 Å². The molecule has 0 aliphatic carbocycles. The third-order valence-corrected chi connectivity index (χ3v) is 5.45. The summed E-state index contributed by atoms with van der Waals surface area (Å²) in [6.07, 6.45) is 1.96. The zero-order valence-electron chi connectivity index (χ0n) is 15.8. The van der Waals surface area contributed by atoms with E-state index >= 15 is 0 Å². The summed E-state index contributed by atoms with van der Waals surface area (Å²) in [4.78, 5) is 1.43. The van der Waals surface area contributed by atoms with Crippen molar-refractivity contribution < 1.29 is 24.5 Å². The molecule has 1 aliphatic heterocycles. The predicted octanol–water partition coefficient (Wildman–Crippen LogP) is 1.55. The molecule has 3 rings (SSSR count). The van der Waals surface area contributed by atoms with Crippen molar-refractivity contribution in [2.45, 2.75) is 38.4 Å². The molecule has 0 saturated carbocycles. The number of benzene rings is 2. The fraction of sp³-hybridized carbons (Fsp3) is 0.429. The van der Waals surface area contributed by atoms with Gasteiger partial charge < -0.3 is 20.1 Å². The number of rotatable bonds is 6. The molecule has 26 heavy (non-hydrogen) atoms. The lowest BCUT2D eigenvalue weighted by Gasteiger charge is -2.36. The molecule has 0 spiro atoms. The Kier molecular flexibility index (Phi) is 5.79. The number of nitrogens with one attached hydrogen (secondary N) is 1. The summed E-state index contributed by atoms with van der Waals surface area (Å²) in [5.41, 5.74) is 8.03. The Morgan fingerprint density at radius 3 is 2.58 bits per heavy atom. The van der Waals surface area contributed by atoms with E-state index in [0.29, 0.717) is 0 Å². The van der Waals surface area contributed by atoms with Gasteiger partial charge in [-0.25, -0.2) is 4.39 Å². The standard InChI is InChI=1S/C21H27FN2O2/c1-4-18(23)21-17-12-20(26-3)19(25-2)11-15(17)8-9-24(21)13-14-6-5-7-16(22)10-14/h5-7,10-12,18,21H,4,8-9,13,23H2,1-3H3/p+2/t18-,21+/m1/s1. The quantitative estimate of drug-likeness (QED) is 0.821. The minimum absolute atomic E-state index is 0.177. The van der Waals surface area contributed by atoms with Crippen molar-refractivity contribution in [3.05, 3.63) is 58.9 Å². The highest BCUT2D eigenvalue weighted by atomic mass is 19.1. The van der Waals surface area contributed by atoms with E-state index in [4.69, 9.17) is 9.47 Å². The number of hydrogen-bond donors (Lipinski definition) is 2. The first kappa shape index (κ1) is 18.7. The monoisotopic (exact) mass is 360 g/mol. The first-order valence-electron chi connectivity index (χ1n) is 9.24. The van der Waals surface area contributed by atoms with Gasteiger partial charge in [-0.1, -0.05) is 19.1 Å². The first-order chi connectivity index (χ1) is 12.6. The van der Waals surface area contributed by atoms with Gasteiger partial charge in [0.1, 0.15) is 18.4 Å². The van der Waals surface area contributed by atoms with E-state index in [2.05, 4.69) is 24.8 Å². The fourth-order valence-corrected chi connectivity index (χ4v) is 4.04. The molecule has 1 aliphatic rings. The zero-order valence-corrected chi connectivity index (χ0v) is 15.8. The second kappa shape index (κ2) is 8.06. The van der Waals surface area contributed by atoms with E-state index in [0.717, 1.165) is 43.0 Å². The normalized spacial score (nSPS) is 20.3. The van der Waals surface area contributed by atoms with Crippen LogP contribution < -0.4 is 20.1 Å². The summed E-state index contributed by atoms with van der Waals surface area (Å²) in [5.74, 6) is 1.35. The molecule has 0 radical (unpaired) electrons. The maximum Gasteiger partial charge on any atom is 0.166 e. The van der Waals surface area contributed by atoms with Crippen LogP contribution in [0.5, 0.6) is 11.5 Å². The van der Waals surface area contributed by atoms with Gasteiger partial charge in [0.2, 0.25) is 0 Å². The summed E-state index contributed by atoms with van der Waals surface area (Å²) in [7, 11) is 3.34. The van der Waals surface area contributed by atoms with Gasteiger partial charge >= 0.3 is 0 Å². The van der Waals surface area contributed by atoms with Crippen LogP contribution in [0.4, 0.5) is 4.39 Å². The SMILES string of the molecule is CC[C@@H]([NH3+])[C@@H]1c2cc(OC)c(OC)cc2CC[NH+]1Cc1cccc(F)c1. The molecule has 0 amide bonds. The van der Waals surface area contributed by atoms with Crippen molar-refractivity contribution >= 4 is 0 Å². The summed E-state index contributed by atoms with van der Waals surface area (Å²) < 4.78 is 24.6. The Balaban J connectivity index is 1.98. The van der Waals surface area contributed by atoms with Gasteiger partial charge in [-0.2, -0.15) is 0 Å². The number of ether oxygens (including phenoxy) is 2. The Hall–Kier alpha value is -2.11. The van der Waals surface area contributed by atoms with Gasteiger partial charge in [0.15, 0.2) is 17.5 Å². The number of methoxy groups -OCH3 is 2. The maximum atomic E-state index is 13.6. The minimum Gasteiger partial charge on any atom is -0.493 e. The Labute approximate surface area is 154 Å². The number of fused-ring (bicyclic) bond motifs is 1. The Bertz CT molecular complexity index is 766. The highest BCUT2D eigenvalue weighted by Crippen LogP contribution is 2.35. The van der Waals surface area contributed by atoms with Gasteiger partial charge in [-0.15, -0.1) is 0 Å². The van der Waals surface area contributed by atoms with Gasteiger partial charge in [0.25, 0.3) is 0 Å². The third-order valence-electron chi connectivity index (χ3n) is 5.45. The van der Waals surface area contributed by atoms with Crippen molar-refractivity contribution in [2.24, 2.45) is 0 Å². The molecule has 3 atom stereocenters. The van der Waals surface area contributed by atoms with Crippen LogP contribution in [0.1, 0.15) is 36.1 Å². The van der Waals surface area contributed by atoms with Crippen molar-refractivity contribution in [3.63, 3.8) is 0 Å². The molecule has 4 N–H and O–H groups in total. The Morgan fingerprint density at radius 1 is 1.19 bits per heavy atom. The summed E-state index contributed by atoms with van der Waals surface area (Å²) >= 11 is 0. The van der Waals surface area contributed by atoms with Crippen LogP contribution in [0, 0.1) is 5.82 Å². The van der Waals surface area contributed by atoms with E-state index in [1.165, 1.54) is 22.1 Å². The molecule has 140 valence electrons. The molecule has 0 bridgehead atoms. The smallest absolute Gasteiger partial charge is 0.166 e. The van der Waals surface area contributed by atoms with Gasteiger partial charge in [-0.05, 0) is 29.8 Å². The largest absolute Gasteiger partial charge is 0.493 e. The van der Waals surface area contributed by atoms with Crippen molar-refractivity contribution in [1.82, 2.24) is 0 Å². The molecule has 5 heteroatoms. The molecule has 0 aromatic heterocycles. The molecule has 2 aromatic carbocycles. The predicted molar refractivity (Wildman–Crippen MR) is 98.9 cm³/mol. The second-order valence-electron chi connectivity index (χ2n) is 7.02. The lowest BCUT2D eigenvalue weighted by molar-refractivity contribution is -0.957. The summed E-state index contributed by atoms with van der Waals surface area (Å²) in [6, 6.07) is 11.7. The molecule has 0 saturated heterocycles. The molecule has 2 aromatic rings. The van der Waals surface area contributed by atoms with Crippen molar-refractivity contribution in [3.8, 4) is 11.5 Å². The van der Waals surface area contributed by atoms with Crippen LogP contribution in [-0.4, -0.2) is 26.8 Å². The number of quaternary nitrogens is 2. The van der Waals surface area contributed by atoms with E-state index in [-0.39, 0.29) is 17.9 Å². The fourth-order valence-electron chi connectivity index (χ4n) is 4.04. The van der Waals surface area contributed by atoms with Gasteiger partial charge in [0.05, 0.1) is 20.8 Å². The number of hydrogen-bond acceptors (Lipinski definition) is 2. The molecule has 4 nitrogen and oxygen atoms in total. The van der Waals surface area contributed by atoms with Crippen LogP contribution in [0.15, 0.2) is 36.4 Å². The van der Waals surface area contributed by atoms with Gasteiger partial charge in [-0.3, -0.25) is 0 Å². The average Bonchev–Trinajstić information content (AvgIpc) is 2.66. The van der Waals surface area contributed by atoms with Crippen LogP contribution >= 0.6 is 0 Å². The highest BCUT2D eigenvalue weighted by molar-refractivity contribution is 5.49. The highest BCUT2D eigenvalue weighted by Gasteiger charge is 2.38. The zero-order chi connectivity index (χ0) is 18.7. The van der Waals surface area contributed by atoms with Crippen LogP contribution in [-0.2, 0) is 13.0 Å². The Morgan fingerprint density at radius 2 is 1.92 bits per heavy atom. The molecular formula is C21H29FN2O2+2. The third kappa shape index (κ3) is 3.69. The average molecular weight is 360 g/mol. The van der Waals surface area contributed by atoms with Crippen molar-refractivity contribution in [1.29, 1.82) is 0 Å². The van der Waals surface area contributed by atoms with Crippen LogP contribution in [0.3, 0.4) is 0 Å². The lowest BCUT2D eigenvalue weighted by Crippen LogP contribution is -3.14. The van der Waals surface area contributed by atoms with Crippen LogP contribution in [0.25, 0.3) is 0 Å². The summed E-state index contributed by atoms with van der Waals surface area (Å²) in [5, 5.41) is 0. The first-order valence-corrected chi connectivity index (χ1v) is 9.24. The molecule has 0 fully saturated rings. The molecule has 1 unspecified atom stereocenters. The minimum atomic E-state index is -0.177. The topological polar surface area (TPSA) is 50.5 Å².